The summed E-state index contributed by atoms with van der Waals surface area (Å²) in [6.45, 7) is 0.00192. The van der Waals surface area contributed by atoms with E-state index in [2.05, 4.69) is 4.98 Å². The lowest BCUT2D eigenvalue weighted by molar-refractivity contribution is 0.0692. The van der Waals surface area contributed by atoms with E-state index >= 15 is 0 Å². The third-order valence-electron chi connectivity index (χ3n) is 3.01. The van der Waals surface area contributed by atoms with E-state index in [-0.39, 0.29) is 17.9 Å². The monoisotopic (exact) mass is 303 g/mol. The molecule has 0 unspecified atom stereocenters. The maximum absolute atomic E-state index is 11.0. The van der Waals surface area contributed by atoms with Gasteiger partial charge in [0.2, 0.25) is 0 Å². The third kappa shape index (κ3) is 2.55. The number of nitrogens with zero attached hydrogens (tertiary/aromatic N) is 1. The standard InChI is InChI=1S/C15H10ClNO4/c16-11-3-4-12(14-9(11)2-1-6-17-14)21-8-13-10(15(18)19)5-7-20-13/h1-7H,8H2,(H,18,19). The number of halogens is 1. The van der Waals surface area contributed by atoms with Gasteiger partial charge in [0.1, 0.15) is 23.4 Å². The summed E-state index contributed by atoms with van der Waals surface area (Å²) in [7, 11) is 0. The average molecular weight is 304 g/mol. The predicted octanol–water partition coefficient (Wildman–Crippen LogP) is 3.76. The Morgan fingerprint density at radius 2 is 2.19 bits per heavy atom. The van der Waals surface area contributed by atoms with Gasteiger partial charge in [-0.05, 0) is 30.3 Å². The van der Waals surface area contributed by atoms with Crippen molar-refractivity contribution in [3.8, 4) is 5.75 Å². The lowest BCUT2D eigenvalue weighted by Gasteiger charge is -2.08. The fourth-order valence-electron chi connectivity index (χ4n) is 2.01. The summed E-state index contributed by atoms with van der Waals surface area (Å²) >= 11 is 6.10. The van der Waals surface area contributed by atoms with E-state index in [0.29, 0.717) is 16.3 Å². The second kappa shape index (κ2) is 5.46. The molecule has 3 rings (SSSR count). The molecule has 3 aromatic rings. The number of hydrogen-bond donors (Lipinski definition) is 1. The first kappa shape index (κ1) is 13.5. The van der Waals surface area contributed by atoms with E-state index < -0.39 is 5.97 Å². The normalized spacial score (nSPS) is 10.7. The van der Waals surface area contributed by atoms with Crippen LogP contribution in [0, 0.1) is 0 Å². The lowest BCUT2D eigenvalue weighted by atomic mass is 10.2. The van der Waals surface area contributed by atoms with Crippen LogP contribution in [0.4, 0.5) is 0 Å². The predicted molar refractivity (Wildman–Crippen MR) is 76.8 cm³/mol. The van der Waals surface area contributed by atoms with E-state index in [1.807, 2.05) is 6.07 Å². The van der Waals surface area contributed by atoms with E-state index in [1.165, 1.54) is 12.3 Å². The van der Waals surface area contributed by atoms with Crippen molar-refractivity contribution < 1.29 is 19.1 Å². The van der Waals surface area contributed by atoms with Gasteiger partial charge in [0.05, 0.1) is 11.3 Å². The van der Waals surface area contributed by atoms with Crippen LogP contribution in [0.3, 0.4) is 0 Å². The molecule has 0 amide bonds. The van der Waals surface area contributed by atoms with Crippen LogP contribution in [-0.4, -0.2) is 16.1 Å². The molecule has 21 heavy (non-hydrogen) atoms. The van der Waals surface area contributed by atoms with Crippen molar-refractivity contribution in [2.75, 3.05) is 0 Å². The first-order valence-corrected chi connectivity index (χ1v) is 6.50. The molecule has 0 aliphatic rings. The molecule has 0 fully saturated rings. The zero-order chi connectivity index (χ0) is 14.8. The molecular weight excluding hydrogens is 294 g/mol. The van der Waals surface area contributed by atoms with Crippen molar-refractivity contribution in [2.45, 2.75) is 6.61 Å². The number of pyridine rings is 1. The Labute approximate surface area is 124 Å². The summed E-state index contributed by atoms with van der Waals surface area (Å²) in [6, 6.07) is 8.42. The molecule has 0 saturated carbocycles. The van der Waals surface area contributed by atoms with Crippen LogP contribution in [0.2, 0.25) is 5.02 Å². The maximum atomic E-state index is 11.0. The number of aromatic nitrogens is 1. The van der Waals surface area contributed by atoms with Crippen LogP contribution in [-0.2, 0) is 6.61 Å². The lowest BCUT2D eigenvalue weighted by Crippen LogP contribution is -2.03. The van der Waals surface area contributed by atoms with Gasteiger partial charge in [-0.2, -0.15) is 0 Å². The second-order valence-corrected chi connectivity index (χ2v) is 4.70. The zero-order valence-corrected chi connectivity index (χ0v) is 11.5. The van der Waals surface area contributed by atoms with Gasteiger partial charge in [-0.1, -0.05) is 11.6 Å². The van der Waals surface area contributed by atoms with Gasteiger partial charge in [0, 0.05) is 11.6 Å². The zero-order valence-electron chi connectivity index (χ0n) is 10.7. The number of carboxylic acids is 1. The summed E-state index contributed by atoms with van der Waals surface area (Å²) in [6.07, 6.45) is 2.96. The molecule has 1 aromatic carbocycles. The van der Waals surface area contributed by atoms with E-state index in [9.17, 15) is 4.79 Å². The van der Waals surface area contributed by atoms with Gasteiger partial charge < -0.3 is 14.3 Å². The average Bonchev–Trinajstić information content (AvgIpc) is 2.96. The molecule has 5 nitrogen and oxygen atoms in total. The van der Waals surface area contributed by atoms with Crippen LogP contribution in [0.5, 0.6) is 5.75 Å². The fraction of sp³-hybridized carbons (Fsp3) is 0.0667. The van der Waals surface area contributed by atoms with Crippen molar-refractivity contribution in [2.24, 2.45) is 0 Å². The minimum Gasteiger partial charge on any atom is -0.483 e. The summed E-state index contributed by atoms with van der Waals surface area (Å²) in [4.78, 5) is 15.2. The van der Waals surface area contributed by atoms with Crippen LogP contribution in [0.15, 0.2) is 47.2 Å². The minimum atomic E-state index is -1.05. The van der Waals surface area contributed by atoms with Gasteiger partial charge in [0.15, 0.2) is 5.76 Å². The molecular formula is C15H10ClNO4. The van der Waals surface area contributed by atoms with Crippen molar-refractivity contribution >= 4 is 28.5 Å². The van der Waals surface area contributed by atoms with Crippen LogP contribution < -0.4 is 4.74 Å². The number of carbonyl (C=O) groups is 1. The SMILES string of the molecule is O=C(O)c1ccoc1COc1ccc(Cl)c2cccnc12. The smallest absolute Gasteiger partial charge is 0.339 e. The Balaban J connectivity index is 1.91. The fourth-order valence-corrected chi connectivity index (χ4v) is 2.23. The molecule has 0 aliphatic carbocycles. The molecule has 0 saturated heterocycles. The Morgan fingerprint density at radius 1 is 1.33 bits per heavy atom. The number of hydrogen-bond acceptors (Lipinski definition) is 4. The number of carboxylic acid groups (broad SMARTS) is 1. The highest BCUT2D eigenvalue weighted by Crippen LogP contribution is 2.30. The van der Waals surface area contributed by atoms with E-state index in [1.54, 1.807) is 24.4 Å². The van der Waals surface area contributed by atoms with E-state index in [4.69, 9.17) is 25.9 Å². The number of fused-ring (bicyclic) bond motifs is 1. The number of ether oxygens (including phenoxy) is 1. The molecule has 2 aromatic heterocycles. The Morgan fingerprint density at radius 3 is 3.00 bits per heavy atom. The summed E-state index contributed by atoms with van der Waals surface area (Å²) in [5.74, 6) is -0.286. The highest BCUT2D eigenvalue weighted by Gasteiger charge is 2.15. The molecule has 1 N–H and O–H groups in total. The van der Waals surface area contributed by atoms with E-state index in [0.717, 1.165) is 5.39 Å². The van der Waals surface area contributed by atoms with Gasteiger partial charge >= 0.3 is 5.97 Å². The molecule has 0 radical (unpaired) electrons. The number of aromatic carboxylic acids is 1. The molecule has 0 spiro atoms. The highest BCUT2D eigenvalue weighted by molar-refractivity contribution is 6.35. The summed E-state index contributed by atoms with van der Waals surface area (Å²) < 4.78 is 10.8. The number of furan rings is 1. The van der Waals surface area contributed by atoms with Crippen LogP contribution in [0.1, 0.15) is 16.1 Å². The number of benzene rings is 1. The van der Waals surface area contributed by atoms with Crippen molar-refractivity contribution in [3.63, 3.8) is 0 Å². The second-order valence-electron chi connectivity index (χ2n) is 4.30. The Kier molecular flexibility index (Phi) is 3.50. The first-order valence-electron chi connectivity index (χ1n) is 6.12. The molecule has 6 heteroatoms. The first-order chi connectivity index (χ1) is 10.2. The largest absolute Gasteiger partial charge is 0.483 e. The van der Waals surface area contributed by atoms with Crippen molar-refractivity contribution in [3.05, 3.63) is 59.1 Å². The topological polar surface area (TPSA) is 72.6 Å². The molecule has 2 heterocycles. The minimum absolute atomic E-state index is 0.00192. The molecule has 0 bridgehead atoms. The van der Waals surface area contributed by atoms with Gasteiger partial charge in [0.25, 0.3) is 0 Å². The van der Waals surface area contributed by atoms with Gasteiger partial charge in [-0.15, -0.1) is 0 Å². The van der Waals surface area contributed by atoms with Crippen molar-refractivity contribution in [1.29, 1.82) is 0 Å². The summed E-state index contributed by atoms with van der Waals surface area (Å²) in [5.41, 5.74) is 0.703. The van der Waals surface area contributed by atoms with Gasteiger partial charge in [-0.3, -0.25) is 4.98 Å². The van der Waals surface area contributed by atoms with Crippen LogP contribution >= 0.6 is 11.6 Å². The number of rotatable bonds is 4. The molecule has 106 valence electrons. The Bertz CT molecular complexity index is 812. The Hall–Kier alpha value is -2.53. The summed E-state index contributed by atoms with van der Waals surface area (Å²) in [5, 5.41) is 10.4. The molecule has 0 aliphatic heterocycles. The highest BCUT2D eigenvalue weighted by atomic mass is 35.5. The molecule has 0 atom stereocenters. The quantitative estimate of drug-likeness (QED) is 0.794. The van der Waals surface area contributed by atoms with Crippen molar-refractivity contribution in [1.82, 2.24) is 4.98 Å². The van der Waals surface area contributed by atoms with Crippen LogP contribution in [0.25, 0.3) is 10.9 Å². The maximum Gasteiger partial charge on any atom is 0.339 e. The van der Waals surface area contributed by atoms with Gasteiger partial charge in [-0.25, -0.2) is 4.79 Å². The third-order valence-corrected chi connectivity index (χ3v) is 3.34.